The first-order chi connectivity index (χ1) is 32.8. The van der Waals surface area contributed by atoms with E-state index in [2.05, 4.69) is 178 Å². The molecule has 0 amide bonds. The minimum atomic E-state index is -0.125. The fourth-order valence-corrected chi connectivity index (χ4v) is 13.6. The second-order valence-electron chi connectivity index (χ2n) is 20.3. The Hall–Kier alpha value is -7.48. The van der Waals surface area contributed by atoms with E-state index < -0.39 is 0 Å². The molecule has 4 heteroatoms. The summed E-state index contributed by atoms with van der Waals surface area (Å²) in [6.45, 7) is 4.64. The maximum absolute atomic E-state index is 9.73. The molecule has 8 aromatic carbocycles. The second-order valence-corrected chi connectivity index (χ2v) is 20.3. The zero-order valence-corrected chi connectivity index (χ0v) is 38.0. The lowest BCUT2D eigenvalue weighted by atomic mass is 9.42. The molecule has 0 radical (unpaired) electrons. The standard InChI is InChI=1S/C63H50N4/c1-62(2)57-15-9-8-14-55(57)56-31-24-46(37-58(56)62)61-66-59(44-10-4-3-5-11-44)65-60(67-61)45-22-28-49(29-23-45)63(50-33-39-32-40(35-50)36-51(63)34-39)48-26-20-42(21-27-48)41-16-18-43(19-17-41)53-30-25-47(38-64)52-12-6-7-13-54(52)53/h3-31,37,39-40,50-51H,32-36H2,1-2H3. The van der Waals surface area contributed by atoms with Gasteiger partial charge in [-0.25, -0.2) is 15.0 Å². The van der Waals surface area contributed by atoms with Gasteiger partial charge in [-0.15, -0.1) is 0 Å². The summed E-state index contributed by atoms with van der Waals surface area (Å²) in [6, 6.07) is 68.4. The molecular formula is C63H50N4. The molecule has 0 spiro atoms. The molecule has 0 atom stereocenters. The van der Waals surface area contributed by atoms with Crippen molar-refractivity contribution in [3.8, 4) is 73.6 Å². The van der Waals surface area contributed by atoms with E-state index in [-0.39, 0.29) is 10.8 Å². The van der Waals surface area contributed by atoms with Gasteiger partial charge in [0.25, 0.3) is 0 Å². The Labute approximate surface area is 393 Å². The Bertz CT molecular complexity index is 3410. The predicted octanol–water partition coefficient (Wildman–Crippen LogP) is 15.3. The third-order valence-electron chi connectivity index (χ3n) is 16.5. The zero-order valence-electron chi connectivity index (χ0n) is 38.0. The van der Waals surface area contributed by atoms with Gasteiger partial charge in [-0.05, 0) is 129 Å². The van der Waals surface area contributed by atoms with E-state index in [9.17, 15) is 5.26 Å². The van der Waals surface area contributed by atoms with E-state index in [1.165, 1.54) is 76.6 Å². The number of benzene rings is 8. The molecule has 9 aromatic rings. The highest BCUT2D eigenvalue weighted by atomic mass is 15.0. The topological polar surface area (TPSA) is 62.5 Å². The molecule has 14 rings (SSSR count). The van der Waals surface area contributed by atoms with Crippen LogP contribution in [-0.2, 0) is 10.8 Å². The fourth-order valence-electron chi connectivity index (χ4n) is 13.6. The van der Waals surface area contributed by atoms with Crippen LogP contribution in [0.1, 0.15) is 73.8 Å². The van der Waals surface area contributed by atoms with Gasteiger partial charge >= 0.3 is 0 Å². The van der Waals surface area contributed by atoms with Crippen LogP contribution in [0.25, 0.3) is 78.3 Å². The molecule has 0 saturated heterocycles. The van der Waals surface area contributed by atoms with E-state index in [1.807, 2.05) is 24.3 Å². The van der Waals surface area contributed by atoms with Crippen LogP contribution in [0.3, 0.4) is 0 Å². The molecule has 322 valence electrons. The number of nitriles is 1. The SMILES string of the molecule is CC1(C)c2ccccc2-c2ccc(-c3nc(-c4ccccc4)nc(-c4ccc(C5(c6ccc(-c7ccc(-c8ccc(C#N)c9ccccc89)cc7)cc6)C6CC7CC(C6)CC5C7)cc4)n3)cc21. The maximum atomic E-state index is 9.73. The Kier molecular flexibility index (Phi) is 9.10. The van der Waals surface area contributed by atoms with E-state index in [0.29, 0.717) is 34.9 Å². The zero-order chi connectivity index (χ0) is 44.9. The molecule has 4 saturated carbocycles. The third-order valence-corrected chi connectivity index (χ3v) is 16.5. The number of nitrogens with zero attached hydrogens (tertiary/aromatic N) is 4. The quantitative estimate of drug-likeness (QED) is 0.160. The molecule has 4 bridgehead atoms. The summed E-state index contributed by atoms with van der Waals surface area (Å²) in [5.74, 6) is 5.00. The van der Waals surface area contributed by atoms with Crippen LogP contribution in [0.5, 0.6) is 0 Å². The smallest absolute Gasteiger partial charge is 0.164 e. The maximum Gasteiger partial charge on any atom is 0.164 e. The first-order valence-electron chi connectivity index (χ1n) is 24.2. The Balaban J connectivity index is 0.859. The van der Waals surface area contributed by atoms with Crippen LogP contribution in [0.2, 0.25) is 0 Å². The lowest BCUT2D eigenvalue weighted by molar-refractivity contribution is -0.0418. The molecular weight excluding hydrogens is 813 g/mol. The lowest BCUT2D eigenvalue weighted by Gasteiger charge is -2.62. The second kappa shape index (κ2) is 15.3. The molecule has 0 unspecified atom stereocenters. The molecule has 5 aliphatic carbocycles. The van der Waals surface area contributed by atoms with Crippen molar-refractivity contribution < 1.29 is 0 Å². The number of aromatic nitrogens is 3. The number of fused-ring (bicyclic) bond motifs is 4. The first kappa shape index (κ1) is 39.8. The highest BCUT2D eigenvalue weighted by molar-refractivity contribution is 6.00. The minimum Gasteiger partial charge on any atom is -0.208 e. The van der Waals surface area contributed by atoms with Crippen LogP contribution in [0.15, 0.2) is 182 Å². The summed E-state index contributed by atoms with van der Waals surface area (Å²) in [5, 5.41) is 11.8. The summed E-state index contributed by atoms with van der Waals surface area (Å²) in [5.41, 5.74) is 16.4. The minimum absolute atomic E-state index is 0.0424. The third kappa shape index (κ3) is 6.28. The molecule has 67 heavy (non-hydrogen) atoms. The normalized spacial score (nSPS) is 21.7. The van der Waals surface area contributed by atoms with E-state index in [1.54, 1.807) is 0 Å². The van der Waals surface area contributed by atoms with Crippen molar-refractivity contribution in [2.75, 3.05) is 0 Å². The van der Waals surface area contributed by atoms with Crippen molar-refractivity contribution in [1.29, 1.82) is 5.26 Å². The van der Waals surface area contributed by atoms with Crippen LogP contribution in [-0.4, -0.2) is 15.0 Å². The average molecular weight is 863 g/mol. The van der Waals surface area contributed by atoms with Gasteiger partial charge in [0.15, 0.2) is 17.5 Å². The van der Waals surface area contributed by atoms with Crippen molar-refractivity contribution in [3.05, 3.63) is 210 Å². The predicted molar refractivity (Wildman–Crippen MR) is 271 cm³/mol. The Morgan fingerprint density at radius 3 is 1.54 bits per heavy atom. The summed E-state index contributed by atoms with van der Waals surface area (Å²) in [7, 11) is 0. The molecule has 0 N–H and O–H groups in total. The number of hydrogen-bond donors (Lipinski definition) is 0. The molecule has 4 fully saturated rings. The van der Waals surface area contributed by atoms with Gasteiger partial charge in [0.1, 0.15) is 0 Å². The van der Waals surface area contributed by atoms with Crippen LogP contribution < -0.4 is 0 Å². The first-order valence-corrected chi connectivity index (χ1v) is 24.2. The van der Waals surface area contributed by atoms with Crippen LogP contribution in [0.4, 0.5) is 0 Å². The molecule has 5 aliphatic rings. The van der Waals surface area contributed by atoms with Gasteiger partial charge in [0, 0.05) is 32.9 Å². The van der Waals surface area contributed by atoms with Crippen molar-refractivity contribution in [1.82, 2.24) is 15.0 Å². The van der Waals surface area contributed by atoms with Crippen LogP contribution in [0, 0.1) is 35.0 Å². The van der Waals surface area contributed by atoms with Gasteiger partial charge in [-0.2, -0.15) is 5.26 Å². The largest absolute Gasteiger partial charge is 0.208 e. The highest BCUT2D eigenvalue weighted by Gasteiger charge is 2.58. The average Bonchev–Trinajstić information content (AvgIpc) is 3.61. The Morgan fingerprint density at radius 2 is 0.896 bits per heavy atom. The lowest BCUT2D eigenvalue weighted by Crippen LogP contribution is -2.56. The van der Waals surface area contributed by atoms with Crippen LogP contribution >= 0.6 is 0 Å². The summed E-state index contributed by atoms with van der Waals surface area (Å²) < 4.78 is 0. The van der Waals surface area contributed by atoms with Gasteiger partial charge < -0.3 is 0 Å². The number of rotatable bonds is 7. The van der Waals surface area contributed by atoms with E-state index >= 15 is 0 Å². The summed E-state index contributed by atoms with van der Waals surface area (Å²) in [4.78, 5) is 15.6. The van der Waals surface area contributed by atoms with E-state index in [0.717, 1.165) is 50.4 Å². The summed E-state index contributed by atoms with van der Waals surface area (Å²) in [6.07, 6.45) is 6.64. The van der Waals surface area contributed by atoms with Gasteiger partial charge in [-0.1, -0.05) is 184 Å². The molecule has 0 aliphatic heterocycles. The molecule has 1 heterocycles. The van der Waals surface area contributed by atoms with Gasteiger partial charge in [-0.3, -0.25) is 0 Å². The molecule has 4 nitrogen and oxygen atoms in total. The fraction of sp³-hybridized carbons (Fsp3) is 0.206. The summed E-state index contributed by atoms with van der Waals surface area (Å²) >= 11 is 0. The number of hydrogen-bond acceptors (Lipinski definition) is 4. The molecule has 1 aromatic heterocycles. The monoisotopic (exact) mass is 862 g/mol. The van der Waals surface area contributed by atoms with Crippen molar-refractivity contribution >= 4 is 10.8 Å². The van der Waals surface area contributed by atoms with E-state index in [4.69, 9.17) is 15.0 Å². The van der Waals surface area contributed by atoms with Crippen molar-refractivity contribution in [2.45, 2.75) is 56.8 Å². The van der Waals surface area contributed by atoms with Gasteiger partial charge in [0.2, 0.25) is 0 Å². The van der Waals surface area contributed by atoms with Gasteiger partial charge in [0.05, 0.1) is 11.6 Å². The Morgan fingerprint density at radius 1 is 0.418 bits per heavy atom. The highest BCUT2D eigenvalue weighted by Crippen LogP contribution is 2.65. The van der Waals surface area contributed by atoms with Crippen molar-refractivity contribution in [3.63, 3.8) is 0 Å². The van der Waals surface area contributed by atoms with Crippen molar-refractivity contribution in [2.24, 2.45) is 23.7 Å².